The molecular weight excluding hydrogens is 276 g/mol. The molecule has 1 heterocycles. The van der Waals surface area contributed by atoms with Crippen LogP contribution in [0.25, 0.3) is 0 Å². The molecule has 1 aliphatic rings. The maximum Gasteiger partial charge on any atom is 0.188 e. The van der Waals surface area contributed by atoms with Crippen LogP contribution in [0.15, 0.2) is 29.3 Å². The van der Waals surface area contributed by atoms with Crippen LogP contribution in [0, 0.1) is 5.92 Å². The summed E-state index contributed by atoms with van der Waals surface area (Å²) in [4.78, 5) is 6.83. The second-order valence-corrected chi connectivity index (χ2v) is 6.18. The smallest absolute Gasteiger partial charge is 0.188 e. The van der Waals surface area contributed by atoms with Gasteiger partial charge in [-0.2, -0.15) is 0 Å². The van der Waals surface area contributed by atoms with E-state index in [0.29, 0.717) is 18.4 Å². The van der Waals surface area contributed by atoms with Crippen LogP contribution >= 0.6 is 0 Å². The summed E-state index contributed by atoms with van der Waals surface area (Å²) < 4.78 is 5.39. The summed E-state index contributed by atoms with van der Waals surface area (Å²) >= 11 is 0. The summed E-state index contributed by atoms with van der Waals surface area (Å²) in [5.74, 6) is 1.08. The molecule has 1 fully saturated rings. The highest BCUT2D eigenvalue weighted by atomic mass is 16.5. The summed E-state index contributed by atoms with van der Waals surface area (Å²) in [7, 11) is 0. The first-order valence-electron chi connectivity index (χ1n) is 8.05. The molecule has 0 saturated carbocycles. The average Bonchev–Trinajstić information content (AvgIpc) is 2.52. The molecule has 122 valence electrons. The SMILES string of the molecule is CC(C)CNC(N)=NCc1cccc(CN2CCOCC2)c1. The van der Waals surface area contributed by atoms with Gasteiger partial charge in [0.25, 0.3) is 0 Å². The van der Waals surface area contributed by atoms with Gasteiger partial charge in [0.1, 0.15) is 0 Å². The van der Waals surface area contributed by atoms with Gasteiger partial charge in [-0.1, -0.05) is 38.1 Å². The minimum atomic E-state index is 0.521. The molecule has 0 bridgehead atoms. The van der Waals surface area contributed by atoms with E-state index in [0.717, 1.165) is 39.4 Å². The van der Waals surface area contributed by atoms with E-state index in [1.807, 2.05) is 0 Å². The average molecular weight is 304 g/mol. The lowest BCUT2D eigenvalue weighted by molar-refractivity contribution is 0.0342. The molecule has 0 radical (unpaired) electrons. The van der Waals surface area contributed by atoms with Gasteiger partial charge in [-0.3, -0.25) is 4.90 Å². The van der Waals surface area contributed by atoms with Crippen LogP contribution in [-0.2, 0) is 17.8 Å². The molecule has 22 heavy (non-hydrogen) atoms. The third-order valence-electron chi connectivity index (χ3n) is 3.62. The lowest BCUT2D eigenvalue weighted by atomic mass is 10.1. The van der Waals surface area contributed by atoms with Crippen molar-refractivity contribution in [1.82, 2.24) is 10.2 Å². The zero-order valence-corrected chi connectivity index (χ0v) is 13.7. The van der Waals surface area contributed by atoms with E-state index in [4.69, 9.17) is 10.5 Å². The molecule has 1 saturated heterocycles. The van der Waals surface area contributed by atoms with E-state index < -0.39 is 0 Å². The molecule has 1 aromatic rings. The highest BCUT2D eigenvalue weighted by molar-refractivity contribution is 5.77. The van der Waals surface area contributed by atoms with Crippen molar-refractivity contribution in [2.45, 2.75) is 26.9 Å². The standard InChI is InChI=1S/C17H28N4O/c1-14(2)11-19-17(18)20-12-15-4-3-5-16(10-15)13-21-6-8-22-9-7-21/h3-5,10,14H,6-9,11-13H2,1-2H3,(H3,18,19,20). The Morgan fingerprint density at radius 2 is 2.05 bits per heavy atom. The van der Waals surface area contributed by atoms with Gasteiger partial charge in [-0.05, 0) is 17.0 Å². The molecule has 0 aromatic heterocycles. The maximum atomic E-state index is 5.87. The van der Waals surface area contributed by atoms with E-state index in [9.17, 15) is 0 Å². The highest BCUT2D eigenvalue weighted by Crippen LogP contribution is 2.10. The third-order valence-corrected chi connectivity index (χ3v) is 3.62. The molecule has 1 aliphatic heterocycles. The third kappa shape index (κ3) is 6.03. The topological polar surface area (TPSA) is 62.9 Å². The number of hydrogen-bond donors (Lipinski definition) is 2. The van der Waals surface area contributed by atoms with Gasteiger partial charge < -0.3 is 15.8 Å². The molecule has 0 amide bonds. The minimum Gasteiger partial charge on any atom is -0.379 e. The highest BCUT2D eigenvalue weighted by Gasteiger charge is 2.10. The van der Waals surface area contributed by atoms with Crippen molar-refractivity contribution < 1.29 is 4.74 Å². The van der Waals surface area contributed by atoms with E-state index in [1.54, 1.807) is 0 Å². The van der Waals surface area contributed by atoms with Crippen molar-refractivity contribution in [3.63, 3.8) is 0 Å². The van der Waals surface area contributed by atoms with E-state index in [-0.39, 0.29) is 0 Å². The zero-order valence-electron chi connectivity index (χ0n) is 13.7. The number of benzene rings is 1. The first-order chi connectivity index (χ1) is 10.6. The fourth-order valence-corrected chi connectivity index (χ4v) is 2.38. The van der Waals surface area contributed by atoms with Crippen molar-refractivity contribution in [3.05, 3.63) is 35.4 Å². The van der Waals surface area contributed by atoms with Crippen LogP contribution in [0.1, 0.15) is 25.0 Å². The van der Waals surface area contributed by atoms with E-state index in [2.05, 4.69) is 53.3 Å². The molecule has 0 atom stereocenters. The largest absolute Gasteiger partial charge is 0.379 e. The van der Waals surface area contributed by atoms with Crippen LogP contribution in [-0.4, -0.2) is 43.7 Å². The Bertz CT molecular complexity index is 481. The number of morpholine rings is 1. The van der Waals surface area contributed by atoms with Crippen LogP contribution in [0.5, 0.6) is 0 Å². The Morgan fingerprint density at radius 1 is 1.32 bits per heavy atom. The van der Waals surface area contributed by atoms with Gasteiger partial charge in [0.15, 0.2) is 5.96 Å². The normalized spacial score (nSPS) is 17.0. The number of ether oxygens (including phenoxy) is 1. The van der Waals surface area contributed by atoms with Crippen LogP contribution in [0.2, 0.25) is 0 Å². The van der Waals surface area contributed by atoms with Gasteiger partial charge in [0, 0.05) is 26.2 Å². The Kier molecular flexibility index (Phi) is 6.68. The van der Waals surface area contributed by atoms with Crippen molar-refractivity contribution in [3.8, 4) is 0 Å². The van der Waals surface area contributed by atoms with Gasteiger partial charge in [0.05, 0.1) is 19.8 Å². The summed E-state index contributed by atoms with van der Waals surface area (Å²) in [6.07, 6.45) is 0. The Labute approximate surface area is 133 Å². The summed E-state index contributed by atoms with van der Waals surface area (Å²) in [6, 6.07) is 8.58. The zero-order chi connectivity index (χ0) is 15.8. The molecule has 3 N–H and O–H groups in total. The lowest BCUT2D eigenvalue weighted by Gasteiger charge is -2.26. The van der Waals surface area contributed by atoms with E-state index >= 15 is 0 Å². The second kappa shape index (κ2) is 8.76. The van der Waals surface area contributed by atoms with Crippen molar-refractivity contribution in [2.75, 3.05) is 32.8 Å². The van der Waals surface area contributed by atoms with E-state index in [1.165, 1.54) is 11.1 Å². The van der Waals surface area contributed by atoms with Gasteiger partial charge in [0.2, 0.25) is 0 Å². The summed E-state index contributed by atoms with van der Waals surface area (Å²) in [5, 5.41) is 3.14. The fourth-order valence-electron chi connectivity index (χ4n) is 2.38. The number of nitrogens with one attached hydrogen (secondary N) is 1. The van der Waals surface area contributed by atoms with Crippen molar-refractivity contribution in [1.29, 1.82) is 0 Å². The number of guanidine groups is 1. The van der Waals surface area contributed by atoms with Gasteiger partial charge in [-0.25, -0.2) is 4.99 Å². The Balaban J connectivity index is 1.86. The summed E-state index contributed by atoms with van der Waals surface area (Å²) in [6.45, 7) is 10.4. The number of aliphatic imine (C=N–C) groups is 1. The summed E-state index contributed by atoms with van der Waals surface area (Å²) in [5.41, 5.74) is 8.39. The molecule has 0 spiro atoms. The first-order valence-corrected chi connectivity index (χ1v) is 8.05. The Hall–Kier alpha value is -1.59. The number of nitrogens with zero attached hydrogens (tertiary/aromatic N) is 2. The van der Waals surface area contributed by atoms with Crippen LogP contribution in [0.4, 0.5) is 0 Å². The van der Waals surface area contributed by atoms with Crippen molar-refractivity contribution >= 4 is 5.96 Å². The molecule has 2 rings (SSSR count). The molecular formula is C17H28N4O. The predicted molar refractivity (Wildman–Crippen MR) is 90.7 cm³/mol. The second-order valence-electron chi connectivity index (χ2n) is 6.18. The predicted octanol–water partition coefficient (Wildman–Crippen LogP) is 1.58. The molecule has 5 heteroatoms. The fraction of sp³-hybridized carbons (Fsp3) is 0.588. The van der Waals surface area contributed by atoms with Crippen molar-refractivity contribution in [2.24, 2.45) is 16.6 Å². The molecule has 1 aromatic carbocycles. The molecule has 5 nitrogen and oxygen atoms in total. The number of hydrogen-bond acceptors (Lipinski definition) is 3. The van der Waals surface area contributed by atoms with Gasteiger partial charge in [-0.15, -0.1) is 0 Å². The van der Waals surface area contributed by atoms with Crippen LogP contribution < -0.4 is 11.1 Å². The molecule has 0 unspecified atom stereocenters. The Morgan fingerprint density at radius 3 is 2.77 bits per heavy atom. The molecule has 0 aliphatic carbocycles. The number of nitrogens with two attached hydrogens (primary N) is 1. The minimum absolute atomic E-state index is 0.521. The monoisotopic (exact) mass is 304 g/mol. The van der Waals surface area contributed by atoms with Crippen LogP contribution in [0.3, 0.4) is 0 Å². The lowest BCUT2D eigenvalue weighted by Crippen LogP contribution is -2.35. The number of rotatable bonds is 6. The maximum absolute atomic E-state index is 5.87. The first kappa shape index (κ1) is 16.8. The van der Waals surface area contributed by atoms with Gasteiger partial charge >= 0.3 is 0 Å². The quantitative estimate of drug-likeness (QED) is 0.619.